The van der Waals surface area contributed by atoms with Crippen molar-refractivity contribution >= 4 is 11.8 Å². The number of nitrogens with one attached hydrogen (secondary N) is 1. The van der Waals surface area contributed by atoms with E-state index in [2.05, 4.69) is 5.32 Å². The summed E-state index contributed by atoms with van der Waals surface area (Å²) in [4.78, 5) is 23.7. The third kappa shape index (κ3) is 3.93. The zero-order valence-corrected chi connectivity index (χ0v) is 12.1. The lowest BCUT2D eigenvalue weighted by molar-refractivity contribution is -0.133. The molecule has 0 aromatic carbocycles. The van der Waals surface area contributed by atoms with Crippen LogP contribution in [-0.2, 0) is 9.59 Å². The average molecular weight is 269 g/mol. The zero-order valence-electron chi connectivity index (χ0n) is 12.1. The molecule has 2 amide bonds. The van der Waals surface area contributed by atoms with Crippen LogP contribution in [0.5, 0.6) is 0 Å². The molecule has 1 aliphatic rings. The van der Waals surface area contributed by atoms with Crippen molar-refractivity contribution in [3.63, 3.8) is 0 Å². The van der Waals surface area contributed by atoms with Gasteiger partial charge >= 0.3 is 0 Å². The number of carbonyl (C=O) groups is 2. The maximum atomic E-state index is 12.4. The van der Waals surface area contributed by atoms with E-state index < -0.39 is 16.7 Å². The van der Waals surface area contributed by atoms with Crippen molar-refractivity contribution in [3.05, 3.63) is 0 Å². The number of hydrogen-bond acceptors (Lipinski definition) is 3. The van der Waals surface area contributed by atoms with Gasteiger partial charge in [-0.3, -0.25) is 9.59 Å². The molecule has 5 heteroatoms. The lowest BCUT2D eigenvalue weighted by Gasteiger charge is -2.31. The van der Waals surface area contributed by atoms with Crippen molar-refractivity contribution < 1.29 is 9.59 Å². The Labute approximate surface area is 115 Å². The second-order valence-electron chi connectivity index (χ2n) is 6.33. The van der Waals surface area contributed by atoms with E-state index in [1.54, 1.807) is 13.8 Å². The highest BCUT2D eigenvalue weighted by Gasteiger charge is 2.38. The first kappa shape index (κ1) is 16.0. The summed E-state index contributed by atoms with van der Waals surface area (Å²) in [5.41, 5.74) is 9.99. The summed E-state index contributed by atoms with van der Waals surface area (Å²) in [6.45, 7) is 4.11. The Morgan fingerprint density at radius 3 is 2.11 bits per heavy atom. The van der Waals surface area contributed by atoms with Gasteiger partial charge in [-0.25, -0.2) is 0 Å². The lowest BCUT2D eigenvalue weighted by Crippen LogP contribution is -2.50. The molecule has 0 bridgehead atoms. The van der Waals surface area contributed by atoms with Crippen LogP contribution in [0.2, 0.25) is 0 Å². The zero-order chi connectivity index (χ0) is 14.5. The minimum atomic E-state index is -0.726. The molecule has 0 aliphatic heterocycles. The number of hydrogen-bond donors (Lipinski definition) is 3. The number of nitrogens with two attached hydrogens (primary N) is 2. The SMILES string of the molecule is CC(C)(CNC(=O)C1(CN)CCCCCC1)C(N)=O. The van der Waals surface area contributed by atoms with Crippen molar-refractivity contribution in [1.82, 2.24) is 5.32 Å². The number of carbonyl (C=O) groups excluding carboxylic acids is 2. The van der Waals surface area contributed by atoms with Crippen LogP contribution in [0.3, 0.4) is 0 Å². The Morgan fingerprint density at radius 1 is 1.16 bits per heavy atom. The minimum Gasteiger partial charge on any atom is -0.369 e. The molecule has 1 fully saturated rings. The normalized spacial score (nSPS) is 19.5. The third-order valence-electron chi connectivity index (χ3n) is 4.29. The first-order valence-corrected chi connectivity index (χ1v) is 7.12. The van der Waals surface area contributed by atoms with Gasteiger partial charge < -0.3 is 16.8 Å². The van der Waals surface area contributed by atoms with Gasteiger partial charge in [0.25, 0.3) is 0 Å². The van der Waals surface area contributed by atoms with E-state index in [9.17, 15) is 9.59 Å². The topological polar surface area (TPSA) is 98.2 Å². The molecular formula is C14H27N3O2. The Bertz CT molecular complexity index is 332. The quantitative estimate of drug-likeness (QED) is 0.647. The van der Waals surface area contributed by atoms with Crippen molar-refractivity contribution in [2.45, 2.75) is 52.4 Å². The second-order valence-corrected chi connectivity index (χ2v) is 6.33. The van der Waals surface area contributed by atoms with E-state index in [0.29, 0.717) is 6.54 Å². The maximum Gasteiger partial charge on any atom is 0.227 e. The average Bonchev–Trinajstić information content (AvgIpc) is 2.62. The largest absolute Gasteiger partial charge is 0.369 e. The van der Waals surface area contributed by atoms with Gasteiger partial charge in [0.2, 0.25) is 11.8 Å². The van der Waals surface area contributed by atoms with Gasteiger partial charge in [0.15, 0.2) is 0 Å². The number of rotatable bonds is 5. The first-order valence-electron chi connectivity index (χ1n) is 7.12. The highest BCUT2D eigenvalue weighted by molar-refractivity contribution is 5.85. The van der Waals surface area contributed by atoms with Crippen LogP contribution in [-0.4, -0.2) is 24.9 Å². The van der Waals surface area contributed by atoms with Crippen LogP contribution < -0.4 is 16.8 Å². The van der Waals surface area contributed by atoms with Crippen molar-refractivity contribution in [3.8, 4) is 0 Å². The summed E-state index contributed by atoms with van der Waals surface area (Å²) in [6, 6.07) is 0. The van der Waals surface area contributed by atoms with Crippen LogP contribution in [0.1, 0.15) is 52.4 Å². The van der Waals surface area contributed by atoms with Crippen molar-refractivity contribution in [2.75, 3.05) is 13.1 Å². The Kier molecular flexibility index (Phi) is 5.35. The lowest BCUT2D eigenvalue weighted by atomic mass is 9.79. The number of amides is 2. The molecule has 0 saturated heterocycles. The summed E-state index contributed by atoms with van der Waals surface area (Å²) in [6.07, 6.45) is 6.11. The molecule has 19 heavy (non-hydrogen) atoms. The van der Waals surface area contributed by atoms with Crippen LogP contribution in [0.15, 0.2) is 0 Å². The van der Waals surface area contributed by atoms with Crippen LogP contribution in [0, 0.1) is 10.8 Å². The molecule has 0 heterocycles. The molecule has 1 aliphatic carbocycles. The third-order valence-corrected chi connectivity index (χ3v) is 4.29. The smallest absolute Gasteiger partial charge is 0.227 e. The standard InChI is InChI=1S/C14H27N3O2/c1-13(2,11(16)18)10-17-12(19)14(9-15)7-5-3-4-6-8-14/h3-10,15H2,1-2H3,(H2,16,18)(H,17,19). The predicted octanol–water partition coefficient (Wildman–Crippen LogP) is 0.913. The second kappa shape index (κ2) is 6.37. The van der Waals surface area contributed by atoms with E-state index in [0.717, 1.165) is 25.7 Å². The number of primary amides is 1. The Balaban J connectivity index is 2.66. The molecule has 110 valence electrons. The Hall–Kier alpha value is -1.10. The molecule has 1 rings (SSSR count). The predicted molar refractivity (Wildman–Crippen MR) is 75.2 cm³/mol. The Morgan fingerprint density at radius 2 is 1.68 bits per heavy atom. The van der Waals surface area contributed by atoms with E-state index in [1.165, 1.54) is 12.8 Å². The van der Waals surface area contributed by atoms with Gasteiger partial charge in [-0.2, -0.15) is 0 Å². The molecule has 5 N–H and O–H groups in total. The molecule has 1 saturated carbocycles. The fraction of sp³-hybridized carbons (Fsp3) is 0.857. The summed E-state index contributed by atoms with van der Waals surface area (Å²) in [7, 11) is 0. The van der Waals surface area contributed by atoms with Crippen LogP contribution in [0.4, 0.5) is 0 Å². The fourth-order valence-corrected chi connectivity index (χ4v) is 2.51. The van der Waals surface area contributed by atoms with Gasteiger partial charge in [-0.05, 0) is 26.7 Å². The maximum absolute atomic E-state index is 12.4. The molecule has 0 atom stereocenters. The molecule has 5 nitrogen and oxygen atoms in total. The van der Waals surface area contributed by atoms with E-state index in [4.69, 9.17) is 11.5 Å². The first-order chi connectivity index (χ1) is 8.84. The molecule has 0 aromatic heterocycles. The van der Waals surface area contributed by atoms with Gasteiger partial charge in [0, 0.05) is 13.1 Å². The molecule has 0 radical (unpaired) electrons. The molecule has 0 unspecified atom stereocenters. The summed E-state index contributed by atoms with van der Waals surface area (Å²) in [5, 5.41) is 2.87. The highest BCUT2D eigenvalue weighted by Crippen LogP contribution is 2.34. The van der Waals surface area contributed by atoms with Gasteiger partial charge in [0.1, 0.15) is 0 Å². The van der Waals surface area contributed by atoms with E-state index in [-0.39, 0.29) is 12.5 Å². The fourth-order valence-electron chi connectivity index (χ4n) is 2.51. The molecule has 0 spiro atoms. The summed E-state index contributed by atoms with van der Waals surface area (Å²) < 4.78 is 0. The van der Waals surface area contributed by atoms with Crippen LogP contribution >= 0.6 is 0 Å². The highest BCUT2D eigenvalue weighted by atomic mass is 16.2. The van der Waals surface area contributed by atoms with Crippen molar-refractivity contribution in [2.24, 2.45) is 22.3 Å². The molecule has 0 aromatic rings. The summed E-state index contributed by atoms with van der Waals surface area (Å²) in [5.74, 6) is -0.429. The minimum absolute atomic E-state index is 0.0220. The van der Waals surface area contributed by atoms with Gasteiger partial charge in [-0.15, -0.1) is 0 Å². The van der Waals surface area contributed by atoms with E-state index in [1.807, 2.05) is 0 Å². The van der Waals surface area contributed by atoms with Gasteiger partial charge in [0.05, 0.1) is 10.8 Å². The van der Waals surface area contributed by atoms with Crippen molar-refractivity contribution in [1.29, 1.82) is 0 Å². The van der Waals surface area contributed by atoms with E-state index >= 15 is 0 Å². The monoisotopic (exact) mass is 269 g/mol. The van der Waals surface area contributed by atoms with Crippen LogP contribution in [0.25, 0.3) is 0 Å². The summed E-state index contributed by atoms with van der Waals surface area (Å²) >= 11 is 0. The molecular weight excluding hydrogens is 242 g/mol. The van der Waals surface area contributed by atoms with Gasteiger partial charge in [-0.1, -0.05) is 25.7 Å².